The van der Waals surface area contributed by atoms with Crippen LogP contribution in [0, 0.1) is 0 Å². The number of unbranched alkanes of at least 4 members (excludes halogenated alkanes) is 12. The molecule has 0 aromatic carbocycles. The van der Waals surface area contributed by atoms with Gasteiger partial charge in [0, 0.05) is 12.8 Å². The van der Waals surface area contributed by atoms with E-state index in [0.717, 1.165) is 70.6 Å². The third kappa shape index (κ3) is 17.8. The van der Waals surface area contributed by atoms with Crippen molar-refractivity contribution in [2.75, 3.05) is 6.61 Å². The van der Waals surface area contributed by atoms with Gasteiger partial charge in [-0.3, -0.25) is 4.18 Å². The maximum atomic E-state index is 10.4. The molecule has 0 bridgehead atoms. The molecule has 2 atom stereocenters. The number of hydrogen-bond acceptors (Lipinski definition) is 6. The first-order valence-electron chi connectivity index (χ1n) is 14.3. The Hall–Kier alpha value is 0.790. The first kappa shape index (κ1) is 35.8. The fourth-order valence-electron chi connectivity index (χ4n) is 4.92. The van der Waals surface area contributed by atoms with Crippen molar-refractivity contribution in [3.05, 3.63) is 0 Å². The van der Waals surface area contributed by atoms with Crippen molar-refractivity contribution in [3.63, 3.8) is 0 Å². The van der Waals surface area contributed by atoms with E-state index in [0.29, 0.717) is 6.42 Å². The van der Waals surface area contributed by atoms with Crippen molar-refractivity contribution in [2.24, 2.45) is 0 Å². The van der Waals surface area contributed by atoms with Gasteiger partial charge in [0.1, 0.15) is 0 Å². The average Bonchev–Trinajstić information content (AvgIpc) is 3.14. The fourth-order valence-corrected chi connectivity index (χ4v) is 5.24. The van der Waals surface area contributed by atoms with E-state index in [1.807, 2.05) is 0 Å². The van der Waals surface area contributed by atoms with E-state index in [9.17, 15) is 13.0 Å². The largest absolute Gasteiger partial charge is 1.00 e. The van der Waals surface area contributed by atoms with Crippen LogP contribution >= 0.6 is 0 Å². The van der Waals surface area contributed by atoms with E-state index in [4.69, 9.17) is 9.47 Å². The predicted molar refractivity (Wildman–Crippen MR) is 137 cm³/mol. The van der Waals surface area contributed by atoms with Gasteiger partial charge in [0.25, 0.3) is 0 Å². The summed E-state index contributed by atoms with van der Waals surface area (Å²) in [6.07, 6.45) is 23.0. The molecule has 0 unspecified atom stereocenters. The summed E-state index contributed by atoms with van der Waals surface area (Å²) in [5, 5.41) is 0. The van der Waals surface area contributed by atoms with Gasteiger partial charge in [-0.15, -0.1) is 0 Å². The molecule has 0 saturated carbocycles. The van der Waals surface area contributed by atoms with Gasteiger partial charge in [0.05, 0.1) is 18.8 Å². The second kappa shape index (κ2) is 21.7. The molecular weight excluding hydrogens is 475 g/mol. The summed E-state index contributed by atoms with van der Waals surface area (Å²) < 4.78 is 49.1. The monoisotopic (exact) mass is 528 g/mol. The van der Waals surface area contributed by atoms with E-state index in [1.54, 1.807) is 0 Å². The zero-order valence-electron chi connectivity index (χ0n) is 23.4. The van der Waals surface area contributed by atoms with Crippen LogP contribution < -0.4 is 29.6 Å². The minimum atomic E-state index is -4.55. The summed E-state index contributed by atoms with van der Waals surface area (Å²) in [7, 11) is -4.55. The molecule has 1 heterocycles. The Labute approximate surface area is 239 Å². The van der Waals surface area contributed by atoms with E-state index in [-0.39, 0.29) is 54.2 Å². The Morgan fingerprint density at radius 1 is 0.657 bits per heavy atom. The zero-order valence-corrected chi connectivity index (χ0v) is 26.2. The van der Waals surface area contributed by atoms with Gasteiger partial charge in [-0.25, -0.2) is 8.42 Å². The Balaban J connectivity index is 0.0000116. The first-order valence-corrected chi connectivity index (χ1v) is 15.6. The number of hydrogen-bond donors (Lipinski definition) is 0. The molecule has 1 fully saturated rings. The maximum absolute atomic E-state index is 10.4. The Morgan fingerprint density at radius 2 is 1.06 bits per heavy atom. The Morgan fingerprint density at radius 3 is 1.49 bits per heavy atom. The first-order chi connectivity index (χ1) is 16.4. The molecule has 35 heavy (non-hydrogen) atoms. The number of ether oxygens (including phenoxy) is 2. The van der Waals surface area contributed by atoms with Gasteiger partial charge in [0.15, 0.2) is 5.79 Å². The molecule has 0 aliphatic carbocycles. The second-order valence-corrected chi connectivity index (χ2v) is 11.2. The Kier molecular flexibility index (Phi) is 22.2. The molecule has 1 aliphatic rings. The zero-order chi connectivity index (χ0) is 25.1. The molecule has 204 valence electrons. The quantitative estimate of drug-likeness (QED) is 0.0819. The van der Waals surface area contributed by atoms with Crippen molar-refractivity contribution in [1.29, 1.82) is 0 Å². The summed E-state index contributed by atoms with van der Waals surface area (Å²) >= 11 is 0. The van der Waals surface area contributed by atoms with Gasteiger partial charge < -0.3 is 14.0 Å². The van der Waals surface area contributed by atoms with E-state index < -0.39 is 10.4 Å². The molecule has 1 saturated heterocycles. The Bertz CT molecular complexity index is 578. The molecule has 0 radical (unpaired) electrons. The van der Waals surface area contributed by atoms with Crippen LogP contribution in [0.3, 0.4) is 0 Å². The van der Waals surface area contributed by atoms with Crippen LogP contribution in [0.4, 0.5) is 0 Å². The summed E-state index contributed by atoms with van der Waals surface area (Å²) in [5.41, 5.74) is 0. The fraction of sp³-hybridized carbons (Fsp3) is 1.00. The van der Waals surface area contributed by atoms with E-state index in [2.05, 4.69) is 25.0 Å². The van der Waals surface area contributed by atoms with E-state index >= 15 is 0 Å². The van der Waals surface area contributed by atoms with Crippen LogP contribution in [-0.4, -0.2) is 37.6 Å². The van der Waals surface area contributed by atoms with Crippen LogP contribution in [-0.2, 0) is 24.1 Å². The van der Waals surface area contributed by atoms with Crippen LogP contribution in [0.25, 0.3) is 0 Å². The van der Waals surface area contributed by atoms with E-state index in [1.165, 1.54) is 51.4 Å². The standard InChI is InChI=1S/C27H54O6S.Na/c1-4-7-10-11-14-17-20-25-26(33-27(32-25,22-8-5-2)23-9-6-3)21-18-15-12-13-16-19-24-31-34(28,29)30;/h25-26H,4-24H2,1-3H3,(H,28,29,30);/q;+1/p-1/t25-,26-;/m0./s1. The molecule has 1 aliphatic heterocycles. The SMILES string of the molecule is CCCCCCCC[C@@H]1OC(CCCC)(CCCC)O[C@H]1CCCCCCCCOS(=O)(=O)[O-].[Na+]. The predicted octanol–water partition coefficient (Wildman–Crippen LogP) is 4.81. The summed E-state index contributed by atoms with van der Waals surface area (Å²) in [6.45, 7) is 6.73. The maximum Gasteiger partial charge on any atom is 1.00 e. The normalized spacial score (nSPS) is 19.7. The summed E-state index contributed by atoms with van der Waals surface area (Å²) in [6, 6.07) is 0. The van der Waals surface area contributed by atoms with Gasteiger partial charge in [-0.1, -0.05) is 104 Å². The van der Waals surface area contributed by atoms with Crippen molar-refractivity contribution >= 4 is 10.4 Å². The number of rotatable bonds is 23. The van der Waals surface area contributed by atoms with Crippen LogP contribution in [0.15, 0.2) is 0 Å². The van der Waals surface area contributed by atoms with Crippen LogP contribution in [0.5, 0.6) is 0 Å². The van der Waals surface area contributed by atoms with Crippen molar-refractivity contribution in [2.45, 2.75) is 167 Å². The second-order valence-electron chi connectivity index (χ2n) is 10.1. The third-order valence-electron chi connectivity index (χ3n) is 6.92. The molecule has 8 heteroatoms. The molecule has 0 N–H and O–H groups in total. The third-order valence-corrected chi connectivity index (χ3v) is 7.38. The van der Waals surface area contributed by atoms with Crippen molar-refractivity contribution in [3.8, 4) is 0 Å². The van der Waals surface area contributed by atoms with Crippen LogP contribution in [0.2, 0.25) is 0 Å². The van der Waals surface area contributed by atoms with Gasteiger partial charge in [0.2, 0.25) is 10.4 Å². The summed E-state index contributed by atoms with van der Waals surface area (Å²) in [4.78, 5) is 0. The van der Waals surface area contributed by atoms with Gasteiger partial charge in [-0.05, 0) is 32.1 Å². The topological polar surface area (TPSA) is 84.9 Å². The molecule has 0 aromatic heterocycles. The minimum absolute atomic E-state index is 0. The van der Waals surface area contributed by atoms with Crippen molar-refractivity contribution < 1.29 is 56.2 Å². The van der Waals surface area contributed by atoms with Gasteiger partial charge >= 0.3 is 29.6 Å². The minimum Gasteiger partial charge on any atom is -0.726 e. The molecular formula is C27H53NaO6S. The average molecular weight is 529 g/mol. The molecule has 1 rings (SSSR count). The van der Waals surface area contributed by atoms with Crippen molar-refractivity contribution in [1.82, 2.24) is 0 Å². The van der Waals surface area contributed by atoms with Crippen LogP contribution in [0.1, 0.15) is 149 Å². The molecule has 6 nitrogen and oxygen atoms in total. The smallest absolute Gasteiger partial charge is 0.726 e. The molecule has 0 spiro atoms. The summed E-state index contributed by atoms with van der Waals surface area (Å²) in [5.74, 6) is -0.370. The van der Waals surface area contributed by atoms with Gasteiger partial charge in [-0.2, -0.15) is 0 Å². The molecule has 0 aromatic rings. The molecule has 0 amide bonds.